The minimum Gasteiger partial charge on any atom is -0.329 e. The number of benzene rings is 7. The Labute approximate surface area is 268 Å². The van der Waals surface area contributed by atoms with Crippen LogP contribution in [0.2, 0.25) is 0 Å². The van der Waals surface area contributed by atoms with Gasteiger partial charge in [-0.3, -0.25) is 0 Å². The van der Waals surface area contributed by atoms with Crippen LogP contribution in [-0.2, 0) is 0 Å². The van der Waals surface area contributed by atoms with Crippen molar-refractivity contribution in [1.29, 1.82) is 0 Å². The van der Waals surface area contributed by atoms with Crippen molar-refractivity contribution in [3.8, 4) is 44.5 Å². The normalized spacial score (nSPS) is 17.0. The van der Waals surface area contributed by atoms with E-state index in [1.54, 1.807) is 0 Å². The molecule has 0 spiro atoms. The Balaban J connectivity index is 1.25. The molecule has 0 bridgehead atoms. The molecule has 7 aromatic carbocycles. The molecular formula is C44H28N2. The lowest BCUT2D eigenvalue weighted by Crippen LogP contribution is -2.34. The van der Waals surface area contributed by atoms with Crippen LogP contribution in [0.4, 0.5) is 22.7 Å². The second kappa shape index (κ2) is 8.87. The molecule has 2 heteroatoms. The maximum absolute atomic E-state index is 2.59. The van der Waals surface area contributed by atoms with E-state index in [4.69, 9.17) is 0 Å². The van der Waals surface area contributed by atoms with E-state index in [1.165, 1.54) is 89.5 Å². The lowest BCUT2D eigenvalue weighted by molar-refractivity contribution is 0.784. The minimum atomic E-state index is 0.0749. The number of hydrogen-bond acceptors (Lipinski definition) is 2. The van der Waals surface area contributed by atoms with Crippen LogP contribution >= 0.6 is 0 Å². The number of nitrogens with zero attached hydrogens (tertiary/aromatic N) is 2. The SMILES string of the molecule is c1ccc2c(c1)-c1ccccc1N1c3ccccc3-c3cc4c(cc3C21)-c1ccccc1N1c2ccccc2-c2ccccc2C41. The first-order valence-corrected chi connectivity index (χ1v) is 16.2. The van der Waals surface area contributed by atoms with E-state index in [9.17, 15) is 0 Å². The predicted molar refractivity (Wildman–Crippen MR) is 189 cm³/mol. The predicted octanol–water partition coefficient (Wildman–Crippen LogP) is 11.5. The van der Waals surface area contributed by atoms with Gasteiger partial charge in [-0.05, 0) is 80.9 Å². The lowest BCUT2D eigenvalue weighted by atomic mass is 9.73. The quantitative estimate of drug-likeness (QED) is 0.175. The zero-order valence-corrected chi connectivity index (χ0v) is 25.1. The average molecular weight is 585 g/mol. The summed E-state index contributed by atoms with van der Waals surface area (Å²) in [6.45, 7) is 0. The fourth-order valence-corrected chi connectivity index (χ4v) is 8.87. The first-order chi connectivity index (χ1) is 22.9. The fourth-order valence-electron chi connectivity index (χ4n) is 8.87. The molecule has 2 nitrogen and oxygen atoms in total. The zero-order valence-electron chi connectivity index (χ0n) is 25.1. The van der Waals surface area contributed by atoms with E-state index < -0.39 is 0 Å². The van der Waals surface area contributed by atoms with Crippen LogP contribution in [0.15, 0.2) is 158 Å². The third-order valence-corrected chi connectivity index (χ3v) is 10.7. The summed E-state index contributed by atoms with van der Waals surface area (Å²) in [6, 6.07) is 59.1. The Morgan fingerprint density at radius 1 is 0.261 bits per heavy atom. The highest BCUT2D eigenvalue weighted by Crippen LogP contribution is 2.61. The molecule has 214 valence electrons. The molecule has 0 aromatic heterocycles. The highest BCUT2D eigenvalue weighted by atomic mass is 15.2. The molecule has 0 saturated heterocycles. The van der Waals surface area contributed by atoms with E-state index in [2.05, 4.69) is 168 Å². The van der Waals surface area contributed by atoms with Gasteiger partial charge < -0.3 is 9.80 Å². The van der Waals surface area contributed by atoms with Crippen LogP contribution in [0, 0.1) is 0 Å². The molecule has 0 aliphatic carbocycles. The van der Waals surface area contributed by atoms with E-state index >= 15 is 0 Å². The maximum atomic E-state index is 2.59. The molecular weight excluding hydrogens is 556 g/mol. The standard InChI is InChI=1S/C44H28N2/c1-3-19-33-27(13-1)29-15-5-9-21-39(29)45-41-23-11-7-17-31(41)35-26-38-36(25-37(35)43(33)45)32-18-8-12-24-42(32)46-40-22-10-6-16-30(40)28-14-2-4-20-34(28)44(38)46/h1-26,43-44H. The summed E-state index contributed by atoms with van der Waals surface area (Å²) in [5.74, 6) is 0. The molecule has 11 rings (SSSR count). The number of fused-ring (bicyclic) bond motifs is 22. The van der Waals surface area contributed by atoms with Crippen molar-refractivity contribution < 1.29 is 0 Å². The number of rotatable bonds is 0. The fraction of sp³-hybridized carbons (Fsp3) is 0.0455. The monoisotopic (exact) mass is 584 g/mol. The van der Waals surface area contributed by atoms with E-state index in [0.717, 1.165) is 0 Å². The summed E-state index contributed by atoms with van der Waals surface area (Å²) in [7, 11) is 0. The molecule has 0 saturated carbocycles. The van der Waals surface area contributed by atoms with E-state index in [-0.39, 0.29) is 12.1 Å². The highest BCUT2D eigenvalue weighted by Gasteiger charge is 2.43. The average Bonchev–Trinajstić information content (AvgIpc) is 3.14. The molecule has 46 heavy (non-hydrogen) atoms. The van der Waals surface area contributed by atoms with Crippen LogP contribution in [0.5, 0.6) is 0 Å². The summed E-state index contributed by atoms with van der Waals surface area (Å²) >= 11 is 0. The van der Waals surface area contributed by atoms with Crippen molar-refractivity contribution >= 4 is 22.7 Å². The second-order valence-electron chi connectivity index (χ2n) is 12.8. The molecule has 0 radical (unpaired) electrons. The van der Waals surface area contributed by atoms with Gasteiger partial charge in [0, 0.05) is 45.0 Å². The first kappa shape index (κ1) is 24.5. The van der Waals surface area contributed by atoms with Gasteiger partial charge in [0.05, 0.1) is 12.1 Å². The molecule has 4 heterocycles. The smallest absolute Gasteiger partial charge is 0.0857 e. The Kier molecular flexibility index (Phi) is 4.71. The third-order valence-electron chi connectivity index (χ3n) is 10.7. The molecule has 4 aliphatic heterocycles. The van der Waals surface area contributed by atoms with Gasteiger partial charge in [0.25, 0.3) is 0 Å². The van der Waals surface area contributed by atoms with Gasteiger partial charge in [-0.15, -0.1) is 0 Å². The van der Waals surface area contributed by atoms with Crippen molar-refractivity contribution in [1.82, 2.24) is 0 Å². The van der Waals surface area contributed by atoms with Crippen LogP contribution in [-0.4, -0.2) is 0 Å². The molecule has 0 N–H and O–H groups in total. The molecule has 2 atom stereocenters. The molecule has 4 aliphatic rings. The van der Waals surface area contributed by atoms with Gasteiger partial charge in [-0.1, -0.05) is 121 Å². The second-order valence-corrected chi connectivity index (χ2v) is 12.8. The summed E-state index contributed by atoms with van der Waals surface area (Å²) < 4.78 is 0. The molecule has 0 fully saturated rings. The Morgan fingerprint density at radius 3 is 0.913 bits per heavy atom. The van der Waals surface area contributed by atoms with Crippen LogP contribution in [0.3, 0.4) is 0 Å². The maximum Gasteiger partial charge on any atom is 0.0857 e. The molecule has 7 aromatic rings. The Hall–Kier alpha value is -5.86. The van der Waals surface area contributed by atoms with Crippen molar-refractivity contribution in [2.45, 2.75) is 12.1 Å². The Bertz CT molecular complexity index is 2250. The van der Waals surface area contributed by atoms with Crippen molar-refractivity contribution in [3.63, 3.8) is 0 Å². The van der Waals surface area contributed by atoms with Crippen molar-refractivity contribution in [3.05, 3.63) is 180 Å². The van der Waals surface area contributed by atoms with E-state index in [0.29, 0.717) is 0 Å². The highest BCUT2D eigenvalue weighted by molar-refractivity contribution is 6.01. The largest absolute Gasteiger partial charge is 0.329 e. The zero-order chi connectivity index (χ0) is 29.9. The van der Waals surface area contributed by atoms with Crippen LogP contribution in [0.25, 0.3) is 44.5 Å². The summed E-state index contributed by atoms with van der Waals surface area (Å²) in [6.07, 6.45) is 0. The molecule has 2 unspecified atom stereocenters. The minimum absolute atomic E-state index is 0.0749. The topological polar surface area (TPSA) is 6.48 Å². The summed E-state index contributed by atoms with van der Waals surface area (Å²) in [4.78, 5) is 5.18. The number of hydrogen-bond donors (Lipinski definition) is 0. The van der Waals surface area contributed by atoms with Gasteiger partial charge >= 0.3 is 0 Å². The molecule has 0 amide bonds. The lowest BCUT2D eigenvalue weighted by Gasteiger charge is -2.47. The summed E-state index contributed by atoms with van der Waals surface area (Å²) in [5, 5.41) is 0. The third kappa shape index (κ3) is 3.01. The number of anilines is 4. The first-order valence-electron chi connectivity index (χ1n) is 16.2. The van der Waals surface area contributed by atoms with Crippen LogP contribution in [0.1, 0.15) is 34.3 Å². The van der Waals surface area contributed by atoms with Crippen molar-refractivity contribution in [2.24, 2.45) is 0 Å². The van der Waals surface area contributed by atoms with Gasteiger partial charge in [0.1, 0.15) is 0 Å². The van der Waals surface area contributed by atoms with Gasteiger partial charge in [0.2, 0.25) is 0 Å². The summed E-state index contributed by atoms with van der Waals surface area (Å²) in [5.41, 5.74) is 21.0. The van der Waals surface area contributed by atoms with Gasteiger partial charge in [-0.2, -0.15) is 0 Å². The van der Waals surface area contributed by atoms with E-state index in [1.807, 2.05) is 0 Å². The van der Waals surface area contributed by atoms with Crippen molar-refractivity contribution in [2.75, 3.05) is 9.80 Å². The van der Waals surface area contributed by atoms with Gasteiger partial charge in [-0.25, -0.2) is 0 Å². The van der Waals surface area contributed by atoms with Crippen LogP contribution < -0.4 is 9.80 Å². The Morgan fingerprint density at radius 2 is 0.543 bits per heavy atom. The van der Waals surface area contributed by atoms with Gasteiger partial charge in [0.15, 0.2) is 0 Å². The number of para-hydroxylation sites is 4.